The second-order valence-electron chi connectivity index (χ2n) is 6.58. The zero-order chi connectivity index (χ0) is 19.1. The van der Waals surface area contributed by atoms with Crippen molar-refractivity contribution in [2.45, 2.75) is 13.2 Å². The lowest BCUT2D eigenvalue weighted by molar-refractivity contribution is 0.244. The predicted molar refractivity (Wildman–Crippen MR) is 110 cm³/mol. The van der Waals surface area contributed by atoms with Crippen LogP contribution in [0, 0.1) is 4.77 Å². The molecular formula is C19H18ClN5OS. The van der Waals surface area contributed by atoms with E-state index in [1.807, 2.05) is 60.0 Å². The van der Waals surface area contributed by atoms with Gasteiger partial charge in [-0.3, -0.25) is 18.7 Å². The fourth-order valence-corrected chi connectivity index (χ4v) is 3.62. The van der Waals surface area contributed by atoms with E-state index in [4.69, 9.17) is 23.8 Å². The van der Waals surface area contributed by atoms with Gasteiger partial charge in [-0.05, 0) is 49.1 Å². The summed E-state index contributed by atoms with van der Waals surface area (Å²) < 4.78 is 5.68. The first-order chi connectivity index (χ1) is 13.0. The van der Waals surface area contributed by atoms with Crippen LogP contribution in [-0.4, -0.2) is 30.7 Å². The largest absolute Gasteiger partial charge is 0.283 e. The molecule has 2 heterocycles. The Morgan fingerprint density at radius 2 is 1.85 bits per heavy atom. The van der Waals surface area contributed by atoms with E-state index in [-0.39, 0.29) is 5.56 Å². The summed E-state index contributed by atoms with van der Waals surface area (Å²) in [6.45, 7) is 1.23. The molecule has 0 saturated carbocycles. The van der Waals surface area contributed by atoms with Crippen molar-refractivity contribution in [1.29, 1.82) is 0 Å². The number of para-hydroxylation sites is 1. The molecule has 0 aliphatic heterocycles. The quantitative estimate of drug-likeness (QED) is 0.493. The average molecular weight is 400 g/mol. The van der Waals surface area contributed by atoms with E-state index < -0.39 is 0 Å². The summed E-state index contributed by atoms with van der Waals surface area (Å²) in [6.07, 6.45) is 0. The average Bonchev–Trinajstić information content (AvgIpc) is 2.98. The van der Waals surface area contributed by atoms with Gasteiger partial charge in [0, 0.05) is 18.6 Å². The highest BCUT2D eigenvalue weighted by Crippen LogP contribution is 2.15. The smallest absolute Gasteiger partial charge is 0.262 e. The Morgan fingerprint density at radius 3 is 2.59 bits per heavy atom. The van der Waals surface area contributed by atoms with E-state index in [0.29, 0.717) is 22.6 Å². The minimum absolute atomic E-state index is 0.0835. The Kier molecular flexibility index (Phi) is 4.59. The third-order valence-electron chi connectivity index (χ3n) is 4.54. The molecule has 0 saturated heterocycles. The summed E-state index contributed by atoms with van der Waals surface area (Å²) in [4.78, 5) is 14.7. The second-order valence-corrected chi connectivity index (χ2v) is 7.38. The molecule has 0 aliphatic rings. The van der Waals surface area contributed by atoms with Gasteiger partial charge in [-0.1, -0.05) is 35.9 Å². The van der Waals surface area contributed by atoms with Crippen LogP contribution in [-0.2, 0) is 20.3 Å². The first kappa shape index (κ1) is 17.9. The summed E-state index contributed by atoms with van der Waals surface area (Å²) in [5.74, 6) is 0.531. The number of nitrogens with zero attached hydrogens (tertiary/aromatic N) is 5. The van der Waals surface area contributed by atoms with Crippen LogP contribution in [0.1, 0.15) is 5.56 Å². The zero-order valence-corrected chi connectivity index (χ0v) is 16.5. The van der Waals surface area contributed by atoms with Crippen molar-refractivity contribution in [3.8, 4) is 0 Å². The molecule has 0 amide bonds. The van der Waals surface area contributed by atoms with Crippen molar-refractivity contribution in [3.05, 3.63) is 74.2 Å². The van der Waals surface area contributed by atoms with Crippen LogP contribution in [0.3, 0.4) is 0 Å². The summed E-state index contributed by atoms with van der Waals surface area (Å²) in [5.41, 5.74) is 1.84. The van der Waals surface area contributed by atoms with Gasteiger partial charge in [-0.15, -0.1) is 5.10 Å². The number of halogens is 1. The highest BCUT2D eigenvalue weighted by Gasteiger charge is 2.14. The lowest BCUT2D eigenvalue weighted by Crippen LogP contribution is -2.22. The molecule has 2 aromatic heterocycles. The number of hydrogen-bond acceptors (Lipinski definition) is 4. The third-order valence-corrected chi connectivity index (χ3v) is 5.19. The molecule has 0 N–H and O–H groups in total. The third kappa shape index (κ3) is 3.18. The van der Waals surface area contributed by atoms with E-state index in [2.05, 4.69) is 10.00 Å². The Hall–Kier alpha value is -2.48. The molecule has 138 valence electrons. The molecule has 0 spiro atoms. The minimum atomic E-state index is -0.0835. The fraction of sp³-hybridized carbons (Fsp3) is 0.211. The minimum Gasteiger partial charge on any atom is -0.283 e. The molecule has 8 heteroatoms. The zero-order valence-electron chi connectivity index (χ0n) is 15.0. The maximum atomic E-state index is 12.6. The first-order valence-corrected chi connectivity index (χ1v) is 9.24. The SMILES string of the molecule is CN(Cc1ccc(Cl)cc1)Cn1nc2n(C)c(=O)c3ccccc3n2c1=S. The van der Waals surface area contributed by atoms with Crippen LogP contribution in [0.25, 0.3) is 16.7 Å². The van der Waals surface area contributed by atoms with Gasteiger partial charge in [0.1, 0.15) is 0 Å². The Balaban J connectivity index is 1.75. The summed E-state index contributed by atoms with van der Waals surface area (Å²) in [7, 11) is 3.71. The van der Waals surface area contributed by atoms with Crippen LogP contribution in [0.5, 0.6) is 0 Å². The monoisotopic (exact) mass is 399 g/mol. The first-order valence-electron chi connectivity index (χ1n) is 8.46. The number of benzene rings is 2. The van der Waals surface area contributed by atoms with Gasteiger partial charge >= 0.3 is 0 Å². The molecule has 0 radical (unpaired) electrons. The fourth-order valence-electron chi connectivity index (χ4n) is 3.22. The van der Waals surface area contributed by atoms with Gasteiger partial charge in [-0.25, -0.2) is 4.68 Å². The van der Waals surface area contributed by atoms with Gasteiger partial charge in [0.15, 0.2) is 0 Å². The maximum Gasteiger partial charge on any atom is 0.262 e. The van der Waals surface area contributed by atoms with Crippen LogP contribution in [0.15, 0.2) is 53.3 Å². The molecule has 2 aromatic carbocycles. The van der Waals surface area contributed by atoms with Crippen molar-refractivity contribution < 1.29 is 0 Å². The molecule has 6 nitrogen and oxygen atoms in total. The van der Waals surface area contributed by atoms with Crippen LogP contribution < -0.4 is 5.56 Å². The van der Waals surface area contributed by atoms with Crippen molar-refractivity contribution in [3.63, 3.8) is 0 Å². The molecule has 0 bridgehead atoms. The number of rotatable bonds is 4. The van der Waals surface area contributed by atoms with E-state index in [1.54, 1.807) is 11.7 Å². The molecular weight excluding hydrogens is 382 g/mol. The molecule has 27 heavy (non-hydrogen) atoms. The predicted octanol–water partition coefficient (Wildman–Crippen LogP) is 3.46. The lowest BCUT2D eigenvalue weighted by atomic mass is 10.2. The number of fused-ring (bicyclic) bond motifs is 3. The lowest BCUT2D eigenvalue weighted by Gasteiger charge is -2.16. The maximum absolute atomic E-state index is 12.6. The van der Waals surface area contributed by atoms with Crippen molar-refractivity contribution in [2.24, 2.45) is 7.05 Å². The highest BCUT2D eigenvalue weighted by atomic mass is 35.5. The number of hydrogen-bond donors (Lipinski definition) is 0. The van der Waals surface area contributed by atoms with Gasteiger partial charge < -0.3 is 0 Å². The van der Waals surface area contributed by atoms with E-state index >= 15 is 0 Å². The van der Waals surface area contributed by atoms with E-state index in [1.165, 1.54) is 4.57 Å². The van der Waals surface area contributed by atoms with Gasteiger partial charge in [-0.2, -0.15) is 0 Å². The summed E-state index contributed by atoms with van der Waals surface area (Å²) in [6, 6.07) is 15.2. The molecule has 0 fully saturated rings. The molecule has 4 aromatic rings. The topological polar surface area (TPSA) is 47.5 Å². The molecule has 0 atom stereocenters. The van der Waals surface area contributed by atoms with Crippen molar-refractivity contribution in [2.75, 3.05) is 7.05 Å². The van der Waals surface area contributed by atoms with Gasteiger partial charge in [0.05, 0.1) is 17.6 Å². The second kappa shape index (κ2) is 6.92. The van der Waals surface area contributed by atoms with E-state index in [0.717, 1.165) is 22.6 Å². The normalized spacial score (nSPS) is 11.7. The molecule has 0 unspecified atom stereocenters. The van der Waals surface area contributed by atoms with Crippen LogP contribution in [0.4, 0.5) is 0 Å². The van der Waals surface area contributed by atoms with E-state index in [9.17, 15) is 4.79 Å². The van der Waals surface area contributed by atoms with Crippen LogP contribution >= 0.6 is 23.8 Å². The molecule has 4 rings (SSSR count). The number of aromatic nitrogens is 4. The summed E-state index contributed by atoms with van der Waals surface area (Å²) >= 11 is 11.6. The van der Waals surface area contributed by atoms with Crippen molar-refractivity contribution in [1.82, 2.24) is 23.6 Å². The van der Waals surface area contributed by atoms with Gasteiger partial charge in [0.25, 0.3) is 5.56 Å². The Bertz CT molecular complexity index is 1260. The van der Waals surface area contributed by atoms with Crippen LogP contribution in [0.2, 0.25) is 5.02 Å². The Labute approximate surface area is 165 Å². The van der Waals surface area contributed by atoms with Crippen molar-refractivity contribution >= 4 is 40.5 Å². The number of aryl methyl sites for hydroxylation is 1. The standard InChI is InChI=1S/C19H18ClN5OS/c1-22(11-13-7-9-14(20)10-8-13)12-24-19(27)25-16-6-4-3-5-15(16)17(26)23(2)18(25)21-24/h3-10H,11-12H2,1-2H3. The Morgan fingerprint density at radius 1 is 1.15 bits per heavy atom. The van der Waals surface area contributed by atoms with Gasteiger partial charge in [0.2, 0.25) is 10.5 Å². The highest BCUT2D eigenvalue weighted by molar-refractivity contribution is 7.71. The molecule has 0 aliphatic carbocycles. The summed E-state index contributed by atoms with van der Waals surface area (Å²) in [5, 5.41) is 5.94.